The molecule has 3 amide bonds. The van der Waals surface area contributed by atoms with Gasteiger partial charge in [-0.2, -0.15) is 0 Å². The second-order valence-electron chi connectivity index (χ2n) is 7.08. The van der Waals surface area contributed by atoms with E-state index in [-0.39, 0.29) is 24.3 Å². The standard InChI is InChI=1S/C18H21N3O4S/c1-18-7-6-15(22)21(18)14-5-3-2-4-13(14)17(24)20(18)12-16(23)19-8-10-26(25)11-9-19/h2-5H,6-12H2,1H3. The summed E-state index contributed by atoms with van der Waals surface area (Å²) in [5.74, 6) is 0.547. The van der Waals surface area contributed by atoms with Gasteiger partial charge in [0.1, 0.15) is 12.2 Å². The van der Waals surface area contributed by atoms with Gasteiger partial charge >= 0.3 is 0 Å². The van der Waals surface area contributed by atoms with Crippen molar-refractivity contribution in [1.29, 1.82) is 0 Å². The summed E-state index contributed by atoms with van der Waals surface area (Å²) in [6, 6.07) is 7.06. The quantitative estimate of drug-likeness (QED) is 0.757. The molecule has 3 aliphatic rings. The molecule has 0 aromatic heterocycles. The van der Waals surface area contributed by atoms with Gasteiger partial charge in [0.15, 0.2) is 0 Å². The van der Waals surface area contributed by atoms with Crippen molar-refractivity contribution in [1.82, 2.24) is 9.80 Å². The number of carbonyl (C=O) groups excluding carboxylic acids is 3. The fourth-order valence-corrected chi connectivity index (χ4v) is 5.12. The van der Waals surface area contributed by atoms with E-state index in [4.69, 9.17) is 0 Å². The summed E-state index contributed by atoms with van der Waals surface area (Å²) in [6.07, 6.45) is 0.856. The molecule has 0 bridgehead atoms. The lowest BCUT2D eigenvalue weighted by molar-refractivity contribution is -0.133. The van der Waals surface area contributed by atoms with Crippen LogP contribution in [0.1, 0.15) is 30.1 Å². The molecule has 2 saturated heterocycles. The maximum Gasteiger partial charge on any atom is 0.258 e. The average Bonchev–Trinajstić information content (AvgIpc) is 2.95. The second kappa shape index (κ2) is 6.19. The van der Waals surface area contributed by atoms with E-state index in [0.717, 1.165) is 0 Å². The summed E-state index contributed by atoms with van der Waals surface area (Å²) >= 11 is 0. The Labute approximate surface area is 154 Å². The van der Waals surface area contributed by atoms with E-state index < -0.39 is 16.5 Å². The number of amides is 3. The molecule has 1 atom stereocenters. The average molecular weight is 375 g/mol. The monoisotopic (exact) mass is 375 g/mol. The van der Waals surface area contributed by atoms with Crippen LogP contribution < -0.4 is 4.90 Å². The Bertz CT molecular complexity index is 816. The van der Waals surface area contributed by atoms with Crippen molar-refractivity contribution >= 4 is 34.2 Å². The number of benzene rings is 1. The van der Waals surface area contributed by atoms with Gasteiger partial charge in [0, 0.05) is 41.8 Å². The zero-order valence-electron chi connectivity index (χ0n) is 14.6. The van der Waals surface area contributed by atoms with Crippen LogP contribution in [0.15, 0.2) is 24.3 Å². The number of anilines is 1. The van der Waals surface area contributed by atoms with Crippen LogP contribution in [0, 0.1) is 0 Å². The fraction of sp³-hybridized carbons (Fsp3) is 0.500. The zero-order chi connectivity index (χ0) is 18.5. The van der Waals surface area contributed by atoms with Crippen LogP contribution >= 0.6 is 0 Å². The first kappa shape index (κ1) is 17.2. The predicted molar refractivity (Wildman–Crippen MR) is 97.1 cm³/mol. The van der Waals surface area contributed by atoms with Crippen LogP contribution in [-0.2, 0) is 20.4 Å². The van der Waals surface area contributed by atoms with Crippen LogP contribution in [-0.4, -0.2) is 68.5 Å². The number of para-hydroxylation sites is 1. The van der Waals surface area contributed by atoms with Crippen molar-refractivity contribution in [2.45, 2.75) is 25.4 Å². The fourth-order valence-electron chi connectivity index (χ4n) is 4.06. The molecule has 1 aromatic carbocycles. The number of carbonyl (C=O) groups is 3. The lowest BCUT2D eigenvalue weighted by Gasteiger charge is -2.48. The van der Waals surface area contributed by atoms with Crippen LogP contribution in [0.5, 0.6) is 0 Å². The minimum absolute atomic E-state index is 0.0294. The van der Waals surface area contributed by atoms with Gasteiger partial charge in [-0.05, 0) is 25.5 Å². The van der Waals surface area contributed by atoms with Crippen molar-refractivity contribution in [2.75, 3.05) is 36.0 Å². The molecule has 0 aliphatic carbocycles. The predicted octanol–water partition coefficient (Wildman–Crippen LogP) is 0.576. The lowest BCUT2D eigenvalue weighted by atomic mass is 9.98. The maximum atomic E-state index is 13.1. The summed E-state index contributed by atoms with van der Waals surface area (Å²) in [7, 11) is -0.866. The van der Waals surface area contributed by atoms with Crippen LogP contribution in [0.4, 0.5) is 5.69 Å². The molecule has 26 heavy (non-hydrogen) atoms. The highest BCUT2D eigenvalue weighted by Crippen LogP contribution is 2.43. The van der Waals surface area contributed by atoms with Crippen LogP contribution in [0.25, 0.3) is 0 Å². The van der Waals surface area contributed by atoms with Crippen molar-refractivity contribution in [3.05, 3.63) is 29.8 Å². The molecule has 8 heteroatoms. The molecule has 2 fully saturated rings. The third-order valence-corrected chi connectivity index (χ3v) is 6.85. The topological polar surface area (TPSA) is 78.0 Å². The largest absolute Gasteiger partial charge is 0.339 e. The molecule has 7 nitrogen and oxygen atoms in total. The maximum absolute atomic E-state index is 13.1. The van der Waals surface area contributed by atoms with E-state index in [1.807, 2.05) is 13.0 Å². The van der Waals surface area contributed by atoms with Crippen molar-refractivity contribution < 1.29 is 18.6 Å². The summed E-state index contributed by atoms with van der Waals surface area (Å²) in [6.45, 7) is 2.68. The highest BCUT2D eigenvalue weighted by atomic mass is 32.2. The first-order chi connectivity index (χ1) is 12.4. The lowest BCUT2D eigenvalue weighted by Crippen LogP contribution is -2.64. The van der Waals surface area contributed by atoms with Gasteiger partial charge in [-0.15, -0.1) is 0 Å². The molecule has 4 rings (SSSR count). The number of rotatable bonds is 2. The SMILES string of the molecule is CC12CCC(=O)N1c1ccccc1C(=O)N2CC(=O)N1CCS(=O)CC1. The molecule has 1 aromatic rings. The summed E-state index contributed by atoms with van der Waals surface area (Å²) in [5, 5.41) is 0. The number of nitrogens with zero attached hydrogens (tertiary/aromatic N) is 3. The van der Waals surface area contributed by atoms with Gasteiger partial charge in [-0.25, -0.2) is 0 Å². The molecule has 1 unspecified atom stereocenters. The van der Waals surface area contributed by atoms with Crippen molar-refractivity contribution in [3.8, 4) is 0 Å². The van der Waals surface area contributed by atoms with E-state index >= 15 is 0 Å². The molecule has 138 valence electrons. The van der Waals surface area contributed by atoms with Gasteiger partial charge in [-0.1, -0.05) is 12.1 Å². The highest BCUT2D eigenvalue weighted by Gasteiger charge is 2.53. The van der Waals surface area contributed by atoms with Crippen molar-refractivity contribution in [3.63, 3.8) is 0 Å². The van der Waals surface area contributed by atoms with E-state index in [0.29, 0.717) is 48.7 Å². The smallest absolute Gasteiger partial charge is 0.258 e. The van der Waals surface area contributed by atoms with Crippen LogP contribution in [0.2, 0.25) is 0 Å². The first-order valence-electron chi connectivity index (χ1n) is 8.78. The highest BCUT2D eigenvalue weighted by molar-refractivity contribution is 7.85. The van der Waals surface area contributed by atoms with E-state index in [2.05, 4.69) is 0 Å². The summed E-state index contributed by atoms with van der Waals surface area (Å²) in [4.78, 5) is 43.3. The molecule has 3 aliphatic heterocycles. The van der Waals surface area contributed by atoms with E-state index in [9.17, 15) is 18.6 Å². The summed E-state index contributed by atoms with van der Waals surface area (Å²) < 4.78 is 11.5. The minimum atomic E-state index is -0.866. The van der Waals surface area contributed by atoms with Gasteiger partial charge < -0.3 is 9.80 Å². The molecule has 0 spiro atoms. The van der Waals surface area contributed by atoms with Gasteiger partial charge in [0.2, 0.25) is 11.8 Å². The van der Waals surface area contributed by atoms with Gasteiger partial charge in [0.05, 0.1) is 11.3 Å². The van der Waals surface area contributed by atoms with Gasteiger partial charge in [-0.3, -0.25) is 23.5 Å². The summed E-state index contributed by atoms with van der Waals surface area (Å²) in [5.41, 5.74) is 0.254. The molecule has 0 saturated carbocycles. The van der Waals surface area contributed by atoms with E-state index in [1.54, 1.807) is 28.0 Å². The third-order valence-electron chi connectivity index (χ3n) is 5.57. The first-order valence-corrected chi connectivity index (χ1v) is 10.3. The number of fused-ring (bicyclic) bond motifs is 3. The Hall–Kier alpha value is -2.22. The second-order valence-corrected chi connectivity index (χ2v) is 8.78. The molecule has 3 heterocycles. The number of hydrogen-bond acceptors (Lipinski definition) is 4. The van der Waals surface area contributed by atoms with Gasteiger partial charge in [0.25, 0.3) is 5.91 Å². The Kier molecular flexibility index (Phi) is 4.10. The van der Waals surface area contributed by atoms with E-state index in [1.165, 1.54) is 4.90 Å². The Morgan fingerprint density at radius 2 is 1.88 bits per heavy atom. The van der Waals surface area contributed by atoms with Crippen molar-refractivity contribution in [2.24, 2.45) is 0 Å². The minimum Gasteiger partial charge on any atom is -0.339 e. The molecule has 0 radical (unpaired) electrons. The Morgan fingerprint density at radius 1 is 1.19 bits per heavy atom. The zero-order valence-corrected chi connectivity index (χ0v) is 15.5. The molecular formula is C18H21N3O4S. The van der Waals surface area contributed by atoms with Crippen LogP contribution in [0.3, 0.4) is 0 Å². The molecule has 0 N–H and O–H groups in total. The third kappa shape index (κ3) is 2.55. The Balaban J connectivity index is 1.65. The molecular weight excluding hydrogens is 354 g/mol. The normalized spacial score (nSPS) is 26.1. The number of hydrogen-bond donors (Lipinski definition) is 0. The Morgan fingerprint density at radius 3 is 2.62 bits per heavy atom.